The van der Waals surface area contributed by atoms with Gasteiger partial charge < -0.3 is 4.40 Å². The molecular weight excluding hydrogens is 801 g/mol. The molecule has 0 unspecified atom stereocenters. The van der Waals surface area contributed by atoms with Gasteiger partial charge in [0, 0.05) is 43.4 Å². The van der Waals surface area contributed by atoms with Gasteiger partial charge in [0.05, 0.1) is 33.6 Å². The number of carbonyl (C=O) groups is 1. The highest BCUT2D eigenvalue weighted by atomic mass is 16.1. The summed E-state index contributed by atoms with van der Waals surface area (Å²) in [5.74, 6) is 0.269. The summed E-state index contributed by atoms with van der Waals surface area (Å²) in [6.07, 6.45) is 1.78. The Morgan fingerprint density at radius 1 is 0.485 bits per heavy atom. The van der Waals surface area contributed by atoms with Crippen LogP contribution in [0.3, 0.4) is 0 Å². The number of ketones is 1. The van der Waals surface area contributed by atoms with Crippen molar-refractivity contribution >= 4 is 43.9 Å². The van der Waals surface area contributed by atoms with E-state index in [9.17, 15) is 10.1 Å². The number of benzene rings is 8. The normalized spacial score (nSPS) is 21.6. The molecule has 0 saturated heterocycles. The Morgan fingerprint density at radius 2 is 1.03 bits per heavy atom. The lowest BCUT2D eigenvalue weighted by atomic mass is 9.45. The molecule has 0 amide bonds. The second-order valence-corrected chi connectivity index (χ2v) is 22.1. The van der Waals surface area contributed by atoms with Crippen molar-refractivity contribution in [2.45, 2.75) is 76.0 Å². The zero-order valence-electron chi connectivity index (χ0n) is 38.1. The van der Waals surface area contributed by atoms with Gasteiger partial charge in [0.25, 0.3) is 0 Å². The van der Waals surface area contributed by atoms with E-state index in [4.69, 9.17) is 0 Å². The molecule has 1 spiro atoms. The van der Waals surface area contributed by atoms with Crippen molar-refractivity contribution in [3.05, 3.63) is 207 Å². The fourth-order valence-corrected chi connectivity index (χ4v) is 15.5. The Kier molecular flexibility index (Phi) is 6.38. The first-order chi connectivity index (χ1) is 31.8. The van der Waals surface area contributed by atoms with Gasteiger partial charge in [-0.05, 0) is 132 Å². The number of hydrogen-bond acceptors (Lipinski definition) is 2. The smallest absolute Gasteiger partial charge is 0.169 e. The molecule has 16 rings (SSSR count). The quantitative estimate of drug-likeness (QED) is 0.165. The Bertz CT molecular complexity index is 3960. The number of nitrogens with zero attached hydrogens (tertiary/aromatic N) is 2. The highest BCUT2D eigenvalue weighted by Crippen LogP contribution is 2.66. The number of Topliss-reactive ketones (excluding diaryl/α,β-unsaturated/α-hetero) is 1. The van der Waals surface area contributed by atoms with E-state index in [1.54, 1.807) is 0 Å². The third-order valence-corrected chi connectivity index (χ3v) is 17.8. The highest BCUT2D eigenvalue weighted by molar-refractivity contribution is 6.27. The largest absolute Gasteiger partial charge is 0.308 e. The molecule has 10 aromatic rings. The molecule has 2 aromatic heterocycles. The number of fused-ring (bicyclic) bond motifs is 19. The summed E-state index contributed by atoms with van der Waals surface area (Å²) < 4.78 is 2.42. The van der Waals surface area contributed by atoms with Crippen molar-refractivity contribution in [2.75, 3.05) is 0 Å². The second kappa shape index (κ2) is 11.4. The van der Waals surface area contributed by atoms with Crippen LogP contribution in [0.1, 0.15) is 120 Å². The van der Waals surface area contributed by atoms with Crippen LogP contribution in [0.25, 0.3) is 71.5 Å². The molecule has 2 bridgehead atoms. The van der Waals surface area contributed by atoms with Crippen molar-refractivity contribution < 1.29 is 4.79 Å². The fourth-order valence-electron chi connectivity index (χ4n) is 15.5. The lowest BCUT2D eigenvalue weighted by Crippen LogP contribution is -2.55. The molecule has 3 nitrogen and oxygen atoms in total. The monoisotopic (exact) mass is 846 g/mol. The molecule has 314 valence electrons. The third-order valence-electron chi connectivity index (χ3n) is 17.8. The predicted octanol–water partition coefficient (Wildman–Crippen LogP) is 14.9. The van der Waals surface area contributed by atoms with Gasteiger partial charge in [0.2, 0.25) is 0 Å². The zero-order valence-corrected chi connectivity index (χ0v) is 38.1. The predicted molar refractivity (Wildman–Crippen MR) is 267 cm³/mol. The third kappa shape index (κ3) is 3.89. The lowest BCUT2D eigenvalue weighted by Gasteiger charge is -2.57. The number of hydrogen-bond donors (Lipinski definition) is 0. The van der Waals surface area contributed by atoms with Crippen molar-refractivity contribution in [1.29, 1.82) is 5.26 Å². The van der Waals surface area contributed by atoms with E-state index < -0.39 is 16.2 Å². The molecule has 0 aliphatic heterocycles. The Hall–Kier alpha value is -7.28. The van der Waals surface area contributed by atoms with Crippen molar-refractivity contribution in [1.82, 2.24) is 4.40 Å². The molecule has 0 N–H and O–H groups in total. The van der Waals surface area contributed by atoms with Crippen molar-refractivity contribution in [3.8, 4) is 39.4 Å². The van der Waals surface area contributed by atoms with Gasteiger partial charge >= 0.3 is 0 Å². The first-order valence-corrected chi connectivity index (χ1v) is 23.7. The van der Waals surface area contributed by atoms with E-state index in [2.05, 4.69) is 198 Å². The maximum absolute atomic E-state index is 14.5. The molecule has 1 saturated carbocycles. The van der Waals surface area contributed by atoms with Crippen LogP contribution in [0.15, 0.2) is 146 Å². The molecule has 6 aliphatic rings. The first-order valence-electron chi connectivity index (χ1n) is 23.7. The van der Waals surface area contributed by atoms with Crippen LogP contribution in [0.4, 0.5) is 0 Å². The summed E-state index contributed by atoms with van der Waals surface area (Å²) in [5, 5.41) is 16.0. The molecule has 1 fully saturated rings. The molecular formula is C63H46N2O. The van der Waals surface area contributed by atoms with Crippen LogP contribution < -0.4 is 0 Å². The zero-order chi connectivity index (χ0) is 44.6. The Labute approximate surface area is 384 Å². The van der Waals surface area contributed by atoms with Gasteiger partial charge in [-0.15, -0.1) is 0 Å². The summed E-state index contributed by atoms with van der Waals surface area (Å²) >= 11 is 0. The number of aromatic nitrogens is 1. The van der Waals surface area contributed by atoms with E-state index in [0.717, 1.165) is 46.1 Å². The van der Waals surface area contributed by atoms with Gasteiger partial charge in [-0.25, -0.2) is 0 Å². The number of nitriles is 1. The summed E-state index contributed by atoms with van der Waals surface area (Å²) in [7, 11) is 0. The van der Waals surface area contributed by atoms with E-state index in [1.807, 2.05) is 0 Å². The SMILES string of the molecule is CC12CC(C)(C1)c1cc3c4cc(-c5cccc6c5-c5ccccc5C65c6ccccc6-c6ccccc65)cc5c6c7c(c(C#N)cc6n(c3cc1C2=O)c45)C(C)(C)c1ccccc1C7(C)C. The lowest BCUT2D eigenvalue weighted by molar-refractivity contribution is 0.0280. The minimum Gasteiger partial charge on any atom is -0.308 e. The van der Waals surface area contributed by atoms with Gasteiger partial charge in [0.15, 0.2) is 5.78 Å². The van der Waals surface area contributed by atoms with Crippen LogP contribution in [-0.4, -0.2) is 10.2 Å². The van der Waals surface area contributed by atoms with Gasteiger partial charge in [-0.2, -0.15) is 5.26 Å². The summed E-state index contributed by atoms with van der Waals surface area (Å²) in [4.78, 5) is 14.5. The number of rotatable bonds is 1. The standard InChI is InChI=1S/C63H46N2O/c1-59(2)47-23-13-14-24-48(47)60(3,4)56-54-43-27-34(36-19-15-25-49-53(36)39-18-9-12-22-46(39)63(49)44-20-10-7-16-37(44)38-17-8-11-21-45(38)63)26-41-40-29-50-42(58(66)62(6)32-61(50,5)33-62)30-51(40)65(57(41)43)52(54)28-35(31-64)55(56)59/h7-30H,32-33H2,1-6H3. The minimum atomic E-state index is -0.452. The molecule has 0 atom stereocenters. The Balaban J connectivity index is 1.12. The van der Waals surface area contributed by atoms with Crippen molar-refractivity contribution in [3.63, 3.8) is 0 Å². The number of carbonyl (C=O) groups excluding carboxylic acids is 1. The van der Waals surface area contributed by atoms with Crippen LogP contribution >= 0.6 is 0 Å². The van der Waals surface area contributed by atoms with Gasteiger partial charge in [-0.3, -0.25) is 4.79 Å². The van der Waals surface area contributed by atoms with Crippen molar-refractivity contribution in [2.24, 2.45) is 5.41 Å². The Morgan fingerprint density at radius 3 is 1.68 bits per heavy atom. The molecule has 2 heterocycles. The second-order valence-electron chi connectivity index (χ2n) is 22.1. The van der Waals surface area contributed by atoms with Crippen LogP contribution in [0.2, 0.25) is 0 Å². The van der Waals surface area contributed by atoms with Crippen LogP contribution in [-0.2, 0) is 21.7 Å². The van der Waals surface area contributed by atoms with Crippen LogP contribution in [0.5, 0.6) is 0 Å². The minimum absolute atomic E-state index is 0.0364. The first kappa shape index (κ1) is 37.0. The molecule has 66 heavy (non-hydrogen) atoms. The van der Waals surface area contributed by atoms with Crippen LogP contribution in [0, 0.1) is 16.7 Å². The average molecular weight is 847 g/mol. The van der Waals surface area contributed by atoms with E-state index in [1.165, 1.54) is 99.4 Å². The summed E-state index contributed by atoms with van der Waals surface area (Å²) in [5.41, 5.74) is 22.2. The molecule has 0 radical (unpaired) electrons. The molecule has 8 aromatic carbocycles. The van der Waals surface area contributed by atoms with E-state index in [0.29, 0.717) is 0 Å². The maximum atomic E-state index is 14.5. The summed E-state index contributed by atoms with van der Waals surface area (Å²) in [6.45, 7) is 13.8. The van der Waals surface area contributed by atoms with E-state index >= 15 is 0 Å². The fraction of sp³-hybridized carbons (Fsp3) is 0.206. The molecule has 6 aliphatic carbocycles. The van der Waals surface area contributed by atoms with Gasteiger partial charge in [0.1, 0.15) is 0 Å². The topological polar surface area (TPSA) is 45.3 Å². The van der Waals surface area contributed by atoms with E-state index in [-0.39, 0.29) is 16.6 Å². The highest BCUT2D eigenvalue weighted by Gasteiger charge is 2.59. The van der Waals surface area contributed by atoms with Gasteiger partial charge in [-0.1, -0.05) is 157 Å². The maximum Gasteiger partial charge on any atom is 0.169 e. The summed E-state index contributed by atoms with van der Waals surface area (Å²) in [6, 6.07) is 57.5. The molecule has 3 heteroatoms. The average Bonchev–Trinajstić information content (AvgIpc) is 4.02.